The van der Waals surface area contributed by atoms with Gasteiger partial charge in [0.1, 0.15) is 0 Å². The zero-order valence-corrected chi connectivity index (χ0v) is 5.92. The van der Waals surface area contributed by atoms with Gasteiger partial charge in [-0.25, -0.2) is 0 Å². The van der Waals surface area contributed by atoms with E-state index in [-0.39, 0.29) is 0 Å². The molecule has 54 valence electrons. The van der Waals surface area contributed by atoms with E-state index in [9.17, 15) is 4.79 Å². The molecule has 0 fully saturated rings. The number of nitrogens with one attached hydrogen (secondary N) is 1. The smallest absolute Gasteiger partial charge is 0.151 e. The first-order chi connectivity index (χ1) is 4.63. The van der Waals surface area contributed by atoms with Crippen LogP contribution in [-0.2, 0) is 4.79 Å². The first-order valence-electron chi connectivity index (χ1n) is 2.70. The van der Waals surface area contributed by atoms with Crippen molar-refractivity contribution in [2.24, 2.45) is 0 Å². The van der Waals surface area contributed by atoms with Crippen molar-refractivity contribution in [1.82, 2.24) is 4.90 Å². The maximum atomic E-state index is 10.1. The number of hydrogen-bond donors (Lipinski definition) is 1. The highest BCUT2D eigenvalue weighted by Gasteiger charge is 2.00. The van der Waals surface area contributed by atoms with Crippen LogP contribution in [0.4, 0.5) is 0 Å². The summed E-state index contributed by atoms with van der Waals surface area (Å²) in [7, 11) is 1.63. The van der Waals surface area contributed by atoms with Gasteiger partial charge in [0.05, 0.1) is 6.34 Å². The molecule has 0 aliphatic heterocycles. The van der Waals surface area contributed by atoms with Crippen LogP contribution < -0.4 is 0 Å². The molecule has 0 heterocycles. The Hall–Kier alpha value is -1.38. The van der Waals surface area contributed by atoms with Gasteiger partial charge in [0, 0.05) is 18.3 Å². The van der Waals surface area contributed by atoms with E-state index in [0.29, 0.717) is 17.6 Å². The van der Waals surface area contributed by atoms with Gasteiger partial charge in [0.15, 0.2) is 6.29 Å². The predicted molar refractivity (Wildman–Crippen MR) is 40.9 cm³/mol. The van der Waals surface area contributed by atoms with Gasteiger partial charge in [-0.1, -0.05) is 13.2 Å². The summed E-state index contributed by atoms with van der Waals surface area (Å²) in [6.07, 6.45) is 1.68. The van der Waals surface area contributed by atoms with Gasteiger partial charge in [-0.3, -0.25) is 10.2 Å². The van der Waals surface area contributed by atoms with Gasteiger partial charge < -0.3 is 4.90 Å². The number of allylic oxidation sites excluding steroid dienone is 1. The topological polar surface area (TPSA) is 44.2 Å². The minimum atomic E-state index is 0.297. The molecule has 0 aliphatic carbocycles. The number of carbonyl (C=O) groups excluding carboxylic acids is 1. The highest BCUT2D eigenvalue weighted by Crippen LogP contribution is 2.03. The monoisotopic (exact) mass is 138 g/mol. The summed E-state index contributed by atoms with van der Waals surface area (Å²) in [6.45, 7) is 6.97. The summed E-state index contributed by atoms with van der Waals surface area (Å²) >= 11 is 0. The maximum Gasteiger partial charge on any atom is 0.151 e. The summed E-state index contributed by atoms with van der Waals surface area (Å²) in [5.41, 5.74) is 0.746. The Labute approximate surface area is 60.2 Å². The summed E-state index contributed by atoms with van der Waals surface area (Å²) in [6, 6.07) is 0. The molecule has 1 N–H and O–H groups in total. The molecule has 0 spiro atoms. The van der Waals surface area contributed by atoms with Crippen molar-refractivity contribution < 1.29 is 4.79 Å². The number of carbonyl (C=O) groups is 1. The molecule has 0 saturated heterocycles. The SMILES string of the molecule is C=C(C=O)C(=C)N(C)C=N. The lowest BCUT2D eigenvalue weighted by molar-refractivity contribution is -0.104. The lowest BCUT2D eigenvalue weighted by Gasteiger charge is -2.13. The first-order valence-corrected chi connectivity index (χ1v) is 2.70. The van der Waals surface area contributed by atoms with Crippen molar-refractivity contribution in [1.29, 1.82) is 5.41 Å². The second kappa shape index (κ2) is 3.61. The molecule has 0 aliphatic rings. The molecule has 3 heteroatoms. The van der Waals surface area contributed by atoms with Crippen molar-refractivity contribution in [3.05, 3.63) is 24.4 Å². The first kappa shape index (κ1) is 8.62. The maximum absolute atomic E-state index is 10.1. The van der Waals surface area contributed by atoms with E-state index < -0.39 is 0 Å². The lowest BCUT2D eigenvalue weighted by Crippen LogP contribution is -2.15. The van der Waals surface area contributed by atoms with Gasteiger partial charge >= 0.3 is 0 Å². The quantitative estimate of drug-likeness (QED) is 0.205. The molecule has 0 radical (unpaired) electrons. The fraction of sp³-hybridized carbons (Fsp3) is 0.143. The molecule has 0 atom stereocenters. The molecule has 0 aromatic carbocycles. The van der Waals surface area contributed by atoms with Crippen LogP contribution in [0, 0.1) is 5.41 Å². The van der Waals surface area contributed by atoms with Crippen LogP contribution in [0.1, 0.15) is 0 Å². The van der Waals surface area contributed by atoms with Crippen LogP contribution >= 0.6 is 0 Å². The van der Waals surface area contributed by atoms with E-state index in [1.165, 1.54) is 4.90 Å². The van der Waals surface area contributed by atoms with E-state index in [4.69, 9.17) is 5.41 Å². The molecule has 0 aromatic heterocycles. The van der Waals surface area contributed by atoms with Gasteiger partial charge in [-0.2, -0.15) is 0 Å². The van der Waals surface area contributed by atoms with E-state index in [1.54, 1.807) is 7.05 Å². The normalized spacial score (nSPS) is 8.10. The number of aldehydes is 1. The second-order valence-electron chi connectivity index (χ2n) is 1.83. The number of nitrogens with zero attached hydrogens (tertiary/aromatic N) is 1. The molecule has 10 heavy (non-hydrogen) atoms. The van der Waals surface area contributed by atoms with Crippen LogP contribution in [0.2, 0.25) is 0 Å². The molecule has 3 nitrogen and oxygen atoms in total. The Morgan fingerprint density at radius 3 is 2.40 bits per heavy atom. The van der Waals surface area contributed by atoms with E-state index >= 15 is 0 Å². The Bertz CT molecular complexity index is 184. The number of likely N-dealkylation sites (N-methyl/N-ethyl adjacent to an activating group) is 1. The zero-order chi connectivity index (χ0) is 8.15. The van der Waals surface area contributed by atoms with Gasteiger partial charge in [-0.15, -0.1) is 0 Å². The summed E-state index contributed by atoms with van der Waals surface area (Å²) < 4.78 is 0. The van der Waals surface area contributed by atoms with Gasteiger partial charge in [0.25, 0.3) is 0 Å². The average molecular weight is 138 g/mol. The second-order valence-corrected chi connectivity index (χ2v) is 1.83. The van der Waals surface area contributed by atoms with Crippen molar-refractivity contribution in [3.8, 4) is 0 Å². The van der Waals surface area contributed by atoms with E-state index in [0.717, 1.165) is 6.34 Å². The molecule has 0 rings (SSSR count). The van der Waals surface area contributed by atoms with Crippen LogP contribution in [0.25, 0.3) is 0 Å². The van der Waals surface area contributed by atoms with Crippen molar-refractivity contribution >= 4 is 12.6 Å². The number of rotatable bonds is 4. The standard InChI is InChI=1S/C7H10N2O/c1-6(4-10)7(2)9(3)5-8/h4-5,8H,1-2H2,3H3. The van der Waals surface area contributed by atoms with E-state index in [2.05, 4.69) is 13.2 Å². The molecule has 0 unspecified atom stereocenters. The Kier molecular flexibility index (Phi) is 3.11. The predicted octanol–water partition coefficient (Wildman–Crippen LogP) is 0.794. The third-order valence-electron chi connectivity index (χ3n) is 1.13. The van der Waals surface area contributed by atoms with Crippen LogP contribution in [-0.4, -0.2) is 24.6 Å². The van der Waals surface area contributed by atoms with Crippen molar-refractivity contribution in [3.63, 3.8) is 0 Å². The molecule has 0 saturated carbocycles. The highest BCUT2D eigenvalue weighted by molar-refractivity contribution is 5.80. The fourth-order valence-electron chi connectivity index (χ4n) is 0.372. The molecular weight excluding hydrogens is 128 g/mol. The van der Waals surface area contributed by atoms with Crippen LogP contribution in [0.15, 0.2) is 24.4 Å². The Balaban J connectivity index is 4.21. The molecule has 0 amide bonds. The Morgan fingerprint density at radius 1 is 1.60 bits per heavy atom. The Morgan fingerprint density at radius 2 is 2.10 bits per heavy atom. The van der Waals surface area contributed by atoms with Gasteiger partial charge in [0.2, 0.25) is 0 Å². The van der Waals surface area contributed by atoms with Gasteiger partial charge in [-0.05, 0) is 0 Å². The third kappa shape index (κ3) is 1.85. The van der Waals surface area contributed by atoms with Crippen LogP contribution in [0.5, 0.6) is 0 Å². The zero-order valence-electron chi connectivity index (χ0n) is 5.92. The summed E-state index contributed by atoms with van der Waals surface area (Å²) in [4.78, 5) is 11.5. The molecule has 0 bridgehead atoms. The van der Waals surface area contributed by atoms with Crippen LogP contribution in [0.3, 0.4) is 0 Å². The highest BCUT2D eigenvalue weighted by atomic mass is 16.1. The largest absolute Gasteiger partial charge is 0.336 e. The summed E-state index contributed by atoms with van der Waals surface area (Å²) in [5.74, 6) is 0. The minimum absolute atomic E-state index is 0.297. The fourth-order valence-corrected chi connectivity index (χ4v) is 0.372. The number of hydrogen-bond acceptors (Lipinski definition) is 2. The third-order valence-corrected chi connectivity index (χ3v) is 1.13. The van der Waals surface area contributed by atoms with E-state index in [1.807, 2.05) is 0 Å². The van der Waals surface area contributed by atoms with Crippen molar-refractivity contribution in [2.45, 2.75) is 0 Å². The molecule has 0 aromatic rings. The lowest BCUT2D eigenvalue weighted by atomic mass is 10.2. The average Bonchev–Trinajstić information content (AvgIpc) is 2.00. The van der Waals surface area contributed by atoms with Crippen molar-refractivity contribution in [2.75, 3.05) is 7.05 Å². The minimum Gasteiger partial charge on any atom is -0.336 e. The molecular formula is C7H10N2O. The summed E-state index contributed by atoms with van der Waals surface area (Å²) in [5, 5.41) is 6.79.